The van der Waals surface area contributed by atoms with E-state index in [0.717, 1.165) is 30.6 Å². The van der Waals surface area contributed by atoms with E-state index in [2.05, 4.69) is 14.9 Å². The Balaban J connectivity index is 1.45. The zero-order valence-corrected chi connectivity index (χ0v) is 13.5. The first kappa shape index (κ1) is 14.8. The number of nitrogens with one attached hydrogen (secondary N) is 1. The molecule has 0 bridgehead atoms. The minimum Gasteiger partial charge on any atom is -0.497 e. The molecule has 6 heteroatoms. The summed E-state index contributed by atoms with van der Waals surface area (Å²) in [6.45, 7) is 1.54. The average Bonchev–Trinajstić information content (AvgIpc) is 3.25. The van der Waals surface area contributed by atoms with Crippen molar-refractivity contribution in [3.8, 4) is 5.75 Å². The van der Waals surface area contributed by atoms with Gasteiger partial charge in [-0.2, -0.15) is 0 Å². The number of furan rings is 1. The Morgan fingerprint density at radius 2 is 2.42 bits per heavy atom. The molecule has 1 N–H and O–H groups in total. The molecule has 3 heterocycles. The number of methoxy groups -OCH3 is 1. The standard InChI is InChI=1S/C18H19N3O3/c1-23-13-3-4-16-14(8-13)15(11-24-16)18(22)20-9-12-2-5-17-19-6-7-21(17)10-12/h3-4,6-8,11-12H,2,5,9-10H2,1H3,(H,20,22). The highest BCUT2D eigenvalue weighted by Gasteiger charge is 2.20. The zero-order valence-electron chi connectivity index (χ0n) is 13.5. The van der Waals surface area contributed by atoms with Crippen molar-refractivity contribution in [2.45, 2.75) is 19.4 Å². The molecular weight excluding hydrogens is 306 g/mol. The van der Waals surface area contributed by atoms with Crippen molar-refractivity contribution < 1.29 is 13.9 Å². The van der Waals surface area contributed by atoms with Crippen molar-refractivity contribution in [2.75, 3.05) is 13.7 Å². The molecule has 1 aliphatic heterocycles. The summed E-state index contributed by atoms with van der Waals surface area (Å²) < 4.78 is 12.9. The smallest absolute Gasteiger partial charge is 0.255 e. The summed E-state index contributed by atoms with van der Waals surface area (Å²) in [5.41, 5.74) is 1.23. The summed E-state index contributed by atoms with van der Waals surface area (Å²) in [5, 5.41) is 3.80. The third-order valence-electron chi connectivity index (χ3n) is 4.61. The molecule has 1 unspecified atom stereocenters. The Kier molecular flexibility index (Phi) is 3.72. The molecule has 3 aromatic rings. The Bertz CT molecular complexity index is 881. The first-order chi connectivity index (χ1) is 11.7. The largest absolute Gasteiger partial charge is 0.497 e. The second kappa shape index (κ2) is 6.03. The van der Waals surface area contributed by atoms with E-state index < -0.39 is 0 Å². The molecule has 0 saturated heterocycles. The van der Waals surface area contributed by atoms with Crippen LogP contribution in [0, 0.1) is 5.92 Å². The first-order valence-corrected chi connectivity index (χ1v) is 8.08. The molecule has 0 spiro atoms. The quantitative estimate of drug-likeness (QED) is 0.800. The van der Waals surface area contributed by atoms with Gasteiger partial charge >= 0.3 is 0 Å². The second-order valence-electron chi connectivity index (χ2n) is 6.12. The number of amides is 1. The lowest BCUT2D eigenvalue weighted by Gasteiger charge is -2.23. The van der Waals surface area contributed by atoms with Gasteiger partial charge in [-0.05, 0) is 30.5 Å². The highest BCUT2D eigenvalue weighted by molar-refractivity contribution is 6.06. The van der Waals surface area contributed by atoms with Crippen LogP contribution in [0.15, 0.2) is 41.3 Å². The summed E-state index contributed by atoms with van der Waals surface area (Å²) in [7, 11) is 1.61. The maximum absolute atomic E-state index is 12.5. The molecule has 1 aromatic carbocycles. The average molecular weight is 325 g/mol. The Labute approximate surface area is 139 Å². The number of hydrogen-bond acceptors (Lipinski definition) is 4. The molecule has 24 heavy (non-hydrogen) atoms. The molecule has 1 amide bonds. The fourth-order valence-corrected chi connectivity index (χ4v) is 3.25. The number of rotatable bonds is 4. The van der Waals surface area contributed by atoms with E-state index in [1.54, 1.807) is 7.11 Å². The van der Waals surface area contributed by atoms with Crippen LogP contribution in [0.5, 0.6) is 5.75 Å². The molecule has 2 aromatic heterocycles. The minimum absolute atomic E-state index is 0.113. The fourth-order valence-electron chi connectivity index (χ4n) is 3.25. The van der Waals surface area contributed by atoms with Gasteiger partial charge in [-0.25, -0.2) is 4.98 Å². The molecule has 1 aliphatic rings. The van der Waals surface area contributed by atoms with Gasteiger partial charge in [0.25, 0.3) is 5.91 Å². The minimum atomic E-state index is -0.113. The number of nitrogens with zero attached hydrogens (tertiary/aromatic N) is 2. The highest BCUT2D eigenvalue weighted by atomic mass is 16.5. The molecule has 124 valence electrons. The Hall–Kier alpha value is -2.76. The summed E-state index contributed by atoms with van der Waals surface area (Å²) >= 11 is 0. The number of hydrogen-bond donors (Lipinski definition) is 1. The van der Waals surface area contributed by atoms with E-state index in [4.69, 9.17) is 9.15 Å². The highest BCUT2D eigenvalue weighted by Crippen LogP contribution is 2.26. The number of ether oxygens (including phenoxy) is 1. The second-order valence-corrected chi connectivity index (χ2v) is 6.12. The van der Waals surface area contributed by atoms with Crippen molar-refractivity contribution in [2.24, 2.45) is 5.92 Å². The van der Waals surface area contributed by atoms with Gasteiger partial charge in [0.15, 0.2) is 0 Å². The first-order valence-electron chi connectivity index (χ1n) is 8.08. The molecule has 0 aliphatic carbocycles. The van der Waals surface area contributed by atoms with E-state index in [9.17, 15) is 4.79 Å². The van der Waals surface area contributed by atoms with Crippen LogP contribution in [-0.2, 0) is 13.0 Å². The molecule has 0 radical (unpaired) electrons. The number of aromatic nitrogens is 2. The molecular formula is C18H19N3O3. The number of imidazole rings is 1. The van der Waals surface area contributed by atoms with Crippen molar-refractivity contribution in [3.63, 3.8) is 0 Å². The Morgan fingerprint density at radius 3 is 3.29 bits per heavy atom. The van der Waals surface area contributed by atoms with Crippen molar-refractivity contribution in [3.05, 3.63) is 48.2 Å². The van der Waals surface area contributed by atoms with Gasteiger partial charge in [-0.3, -0.25) is 4.79 Å². The normalized spacial score (nSPS) is 16.8. The van der Waals surface area contributed by atoms with Crippen LogP contribution in [0.2, 0.25) is 0 Å². The SMILES string of the molecule is COc1ccc2occ(C(=O)NCC3CCc4nccn4C3)c2c1. The topological polar surface area (TPSA) is 69.3 Å². The third kappa shape index (κ3) is 2.64. The fraction of sp³-hybridized carbons (Fsp3) is 0.333. The molecule has 0 saturated carbocycles. The maximum atomic E-state index is 12.5. The van der Waals surface area contributed by atoms with Gasteiger partial charge in [-0.15, -0.1) is 0 Å². The van der Waals surface area contributed by atoms with Crippen LogP contribution in [0.25, 0.3) is 11.0 Å². The number of benzene rings is 1. The van der Waals surface area contributed by atoms with Gasteiger partial charge in [-0.1, -0.05) is 0 Å². The summed E-state index contributed by atoms with van der Waals surface area (Å²) in [6, 6.07) is 5.46. The predicted octanol–water partition coefficient (Wildman–Crippen LogP) is 2.63. The van der Waals surface area contributed by atoms with Gasteiger partial charge in [0.1, 0.15) is 23.4 Å². The van der Waals surface area contributed by atoms with Crippen LogP contribution < -0.4 is 10.1 Å². The number of fused-ring (bicyclic) bond motifs is 2. The van der Waals surface area contributed by atoms with Crippen molar-refractivity contribution in [1.29, 1.82) is 0 Å². The van der Waals surface area contributed by atoms with E-state index >= 15 is 0 Å². The summed E-state index contributed by atoms with van der Waals surface area (Å²) in [5.74, 6) is 2.14. The van der Waals surface area contributed by atoms with Crippen LogP contribution in [0.1, 0.15) is 22.6 Å². The monoisotopic (exact) mass is 325 g/mol. The molecule has 4 rings (SSSR count). The number of aryl methyl sites for hydroxylation is 1. The van der Waals surface area contributed by atoms with Gasteiger partial charge < -0.3 is 19.0 Å². The molecule has 0 fully saturated rings. The Morgan fingerprint density at radius 1 is 1.50 bits per heavy atom. The number of carbonyl (C=O) groups is 1. The third-order valence-corrected chi connectivity index (χ3v) is 4.61. The lowest BCUT2D eigenvalue weighted by molar-refractivity contribution is 0.0944. The van der Waals surface area contributed by atoms with Gasteiger partial charge in [0, 0.05) is 37.3 Å². The molecule has 1 atom stereocenters. The van der Waals surface area contributed by atoms with Crippen molar-refractivity contribution in [1.82, 2.24) is 14.9 Å². The van der Waals surface area contributed by atoms with Gasteiger partial charge in [0.2, 0.25) is 0 Å². The van der Waals surface area contributed by atoms with E-state index in [1.165, 1.54) is 6.26 Å². The summed E-state index contributed by atoms with van der Waals surface area (Å²) in [4.78, 5) is 16.9. The van der Waals surface area contributed by atoms with Crippen LogP contribution in [0.3, 0.4) is 0 Å². The lowest BCUT2D eigenvalue weighted by atomic mass is 9.99. The zero-order chi connectivity index (χ0) is 16.5. The predicted molar refractivity (Wildman–Crippen MR) is 89.1 cm³/mol. The lowest BCUT2D eigenvalue weighted by Crippen LogP contribution is -2.33. The van der Waals surface area contributed by atoms with E-state index in [-0.39, 0.29) is 5.91 Å². The van der Waals surface area contributed by atoms with E-state index in [0.29, 0.717) is 29.4 Å². The van der Waals surface area contributed by atoms with Gasteiger partial charge in [0.05, 0.1) is 12.7 Å². The van der Waals surface area contributed by atoms with Crippen LogP contribution in [0.4, 0.5) is 0 Å². The maximum Gasteiger partial charge on any atom is 0.255 e. The van der Waals surface area contributed by atoms with E-state index in [1.807, 2.05) is 30.6 Å². The van der Waals surface area contributed by atoms with Crippen LogP contribution >= 0.6 is 0 Å². The number of carbonyl (C=O) groups excluding carboxylic acids is 1. The van der Waals surface area contributed by atoms with Crippen LogP contribution in [-0.4, -0.2) is 29.1 Å². The molecule has 6 nitrogen and oxygen atoms in total. The van der Waals surface area contributed by atoms with Crippen molar-refractivity contribution >= 4 is 16.9 Å². The summed E-state index contributed by atoms with van der Waals surface area (Å²) in [6.07, 6.45) is 7.34.